The molecule has 0 aromatic carbocycles. The van der Waals surface area contributed by atoms with Gasteiger partial charge in [-0.25, -0.2) is 29.5 Å². The van der Waals surface area contributed by atoms with Gasteiger partial charge in [0.1, 0.15) is 51.8 Å². The summed E-state index contributed by atoms with van der Waals surface area (Å²) in [6.07, 6.45) is 1.23. The molecule has 0 radical (unpaired) electrons. The van der Waals surface area contributed by atoms with Gasteiger partial charge in [0.15, 0.2) is 17.0 Å². The van der Waals surface area contributed by atoms with E-state index in [0.717, 1.165) is 0 Å². The maximum Gasteiger partial charge on any atom is 0.329 e. The molecule has 0 saturated heterocycles. The number of H-pyrrole nitrogens is 2. The molecule has 9 N–H and O–H groups in total. The summed E-state index contributed by atoms with van der Waals surface area (Å²) in [6, 6.07) is 4.03. The minimum Gasteiger partial charge on any atom is -0.460 e. The number of hydrogen-bond donors (Lipinski definition) is 9. The number of rotatable bonds is 20. The van der Waals surface area contributed by atoms with Crippen LogP contribution in [-0.2, 0) is 54.3 Å². The van der Waals surface area contributed by atoms with Gasteiger partial charge in [0.25, 0.3) is 22.9 Å². The van der Waals surface area contributed by atoms with Crippen LogP contribution >= 0.6 is 0 Å². The third-order valence-corrected chi connectivity index (χ3v) is 12.1. The number of hydrogen-bond acceptors (Lipinski definition) is 24. The topological polar surface area (TPSA) is 404 Å². The number of amides is 4. The largest absolute Gasteiger partial charge is 0.460 e. The Labute approximate surface area is 514 Å². The molecule has 30 nitrogen and oxygen atoms in total. The van der Waals surface area contributed by atoms with Gasteiger partial charge in [0.2, 0.25) is 23.7 Å². The number of carbonyl (C=O) groups is 8. The summed E-state index contributed by atoms with van der Waals surface area (Å²) in [5.74, 6) is -2.84. The molecule has 0 fully saturated rings. The van der Waals surface area contributed by atoms with Crippen LogP contribution in [0.5, 0.6) is 0 Å². The Morgan fingerprint density at radius 3 is 1.51 bits per heavy atom. The number of nitrogens with one attached hydrogen (secondary N) is 9. The van der Waals surface area contributed by atoms with E-state index >= 15 is 0 Å². The molecular weight excluding hydrogens is 1160 g/mol. The fraction of sp³-hybridized carbons (Fsp3) is 0.525. The minimum absolute atomic E-state index is 0.000654. The molecule has 3 atom stereocenters. The number of ether oxygens (including phenoxy) is 4. The fourth-order valence-electron chi connectivity index (χ4n) is 8.38. The highest BCUT2D eigenvalue weighted by Crippen LogP contribution is 2.26. The average Bonchev–Trinajstić information content (AvgIpc) is 2.52. The van der Waals surface area contributed by atoms with Crippen LogP contribution < -0.4 is 53.2 Å². The molecule has 0 bridgehead atoms. The molecule has 5 aromatic heterocycles. The van der Waals surface area contributed by atoms with Crippen molar-refractivity contribution in [1.82, 2.24) is 50.5 Å². The summed E-state index contributed by atoms with van der Waals surface area (Å²) in [7, 11) is 1.77. The van der Waals surface area contributed by atoms with Gasteiger partial charge in [-0.05, 0) is 134 Å². The van der Waals surface area contributed by atoms with Crippen molar-refractivity contribution in [1.29, 1.82) is 0 Å². The molecule has 1 unspecified atom stereocenters. The van der Waals surface area contributed by atoms with E-state index in [4.69, 9.17) is 18.9 Å². The predicted octanol–water partition coefficient (Wildman–Crippen LogP) is 4.89. The van der Waals surface area contributed by atoms with Gasteiger partial charge in [0, 0.05) is 46.8 Å². The van der Waals surface area contributed by atoms with E-state index in [0.29, 0.717) is 53.3 Å². The van der Waals surface area contributed by atoms with Gasteiger partial charge in [-0.3, -0.25) is 59.0 Å². The quantitative estimate of drug-likeness (QED) is 0.0370. The third kappa shape index (κ3) is 22.5. The van der Waals surface area contributed by atoms with Crippen molar-refractivity contribution in [2.45, 2.75) is 184 Å². The molecule has 5 aromatic rings. The second-order valence-corrected chi connectivity index (χ2v) is 24.8. The molecular formula is C59H82N16O14. The molecule has 1 aliphatic heterocycles. The van der Waals surface area contributed by atoms with E-state index in [1.165, 1.54) is 20.0 Å². The fourth-order valence-corrected chi connectivity index (χ4v) is 8.38. The second-order valence-electron chi connectivity index (χ2n) is 24.8. The number of esters is 4. The number of aromatic amines is 2. The lowest BCUT2D eigenvalue weighted by Gasteiger charge is -2.35. The van der Waals surface area contributed by atoms with Crippen LogP contribution in [0.15, 0.2) is 40.1 Å². The Morgan fingerprint density at radius 1 is 0.607 bits per heavy atom. The third-order valence-electron chi connectivity index (χ3n) is 12.1. The van der Waals surface area contributed by atoms with Crippen molar-refractivity contribution in [2.75, 3.05) is 51.6 Å². The Kier molecular flexibility index (Phi) is 23.1. The number of carbonyl (C=O) groups excluding carboxylic acids is 8. The molecule has 6 heterocycles. The Balaban J connectivity index is 0.000000324. The first-order valence-electron chi connectivity index (χ1n) is 28.6. The van der Waals surface area contributed by atoms with E-state index in [2.05, 4.69) is 77.1 Å². The first-order chi connectivity index (χ1) is 41.2. The summed E-state index contributed by atoms with van der Waals surface area (Å²) in [6.45, 7) is 27.7. The van der Waals surface area contributed by atoms with E-state index in [1.54, 1.807) is 133 Å². The molecule has 30 heteroatoms. The highest BCUT2D eigenvalue weighted by molar-refractivity contribution is 5.99. The van der Waals surface area contributed by atoms with Crippen LogP contribution in [-0.4, -0.2) is 148 Å². The van der Waals surface area contributed by atoms with Gasteiger partial charge in [0.05, 0.1) is 47.0 Å². The SMILES string of the molecule is CC(=O)Nc1nc2c(c(=O)[nH]1)N(C)C(CNc1ccc(C(=O)N[C@@H](CCC(=O)OC(C)(C)C)C(=O)OC(C)(C)C)c(C)n1)CN2.CC(=O)Nc1nc2ncc(CNc3ccc(C(=O)N[C@@H](CCC(=O)OC(C)(C)C)C(=O)OC(C)(C)C)c(C)n3)nc2c(=O)[nH]1. The van der Waals surface area contributed by atoms with E-state index in [9.17, 15) is 47.9 Å². The lowest BCUT2D eigenvalue weighted by atomic mass is 10.1. The van der Waals surface area contributed by atoms with Crippen LogP contribution in [0.25, 0.3) is 11.2 Å². The molecule has 4 amide bonds. The highest BCUT2D eigenvalue weighted by Gasteiger charge is 2.32. The monoisotopic (exact) mass is 1240 g/mol. The van der Waals surface area contributed by atoms with Crippen molar-refractivity contribution >= 4 is 93.7 Å². The van der Waals surface area contributed by atoms with Crippen LogP contribution in [0.3, 0.4) is 0 Å². The van der Waals surface area contributed by atoms with Crippen LogP contribution in [0, 0.1) is 13.8 Å². The summed E-state index contributed by atoms with van der Waals surface area (Å²) in [5.41, 5.74) is -1.82. The normalized spacial score (nSPS) is 13.8. The Morgan fingerprint density at radius 2 is 1.06 bits per heavy atom. The molecule has 1 aliphatic rings. The number of pyridine rings is 2. The van der Waals surface area contributed by atoms with E-state index < -0.39 is 87.2 Å². The van der Waals surface area contributed by atoms with Crippen molar-refractivity contribution in [3.63, 3.8) is 0 Å². The van der Waals surface area contributed by atoms with Crippen molar-refractivity contribution in [3.05, 3.63) is 79.4 Å². The number of likely N-dealkylation sites (N-methyl/N-ethyl adjacent to an activating group) is 1. The number of aryl methyl sites for hydroxylation is 2. The lowest BCUT2D eigenvalue weighted by molar-refractivity contribution is -0.160. The van der Waals surface area contributed by atoms with Crippen LogP contribution in [0.2, 0.25) is 0 Å². The molecule has 0 spiro atoms. The van der Waals surface area contributed by atoms with Gasteiger partial charge in [-0.1, -0.05) is 0 Å². The molecule has 0 aliphatic carbocycles. The number of aromatic nitrogens is 8. The van der Waals surface area contributed by atoms with Gasteiger partial charge in [-0.2, -0.15) is 9.97 Å². The number of fused-ring (bicyclic) bond motifs is 2. The smallest absolute Gasteiger partial charge is 0.329 e. The first kappa shape index (κ1) is 70.1. The number of nitrogens with zero attached hydrogens (tertiary/aromatic N) is 7. The van der Waals surface area contributed by atoms with Crippen LogP contribution in [0.1, 0.15) is 160 Å². The zero-order valence-electron chi connectivity index (χ0n) is 53.4. The summed E-state index contributed by atoms with van der Waals surface area (Å²) in [4.78, 5) is 157. The number of anilines is 6. The van der Waals surface area contributed by atoms with E-state index in [1.807, 2.05) is 0 Å². The zero-order chi connectivity index (χ0) is 66.5. The summed E-state index contributed by atoms with van der Waals surface area (Å²) < 4.78 is 21.6. The Hall–Kier alpha value is -9.64. The zero-order valence-corrected chi connectivity index (χ0v) is 53.4. The van der Waals surface area contributed by atoms with Gasteiger partial charge < -0.3 is 50.4 Å². The maximum atomic E-state index is 13.2. The summed E-state index contributed by atoms with van der Waals surface area (Å²) in [5, 5.41) is 19.7. The highest BCUT2D eigenvalue weighted by atomic mass is 16.6. The molecule has 482 valence electrons. The predicted molar refractivity (Wildman–Crippen MR) is 330 cm³/mol. The molecule has 89 heavy (non-hydrogen) atoms. The summed E-state index contributed by atoms with van der Waals surface area (Å²) >= 11 is 0. The second kappa shape index (κ2) is 29.4. The molecule has 0 saturated carbocycles. The Bertz CT molecular complexity index is 3580. The maximum absolute atomic E-state index is 13.2. The molecule has 6 rings (SSSR count). The lowest BCUT2D eigenvalue weighted by Crippen LogP contribution is -2.48. The van der Waals surface area contributed by atoms with E-state index in [-0.39, 0.29) is 78.4 Å². The van der Waals surface area contributed by atoms with Crippen molar-refractivity contribution in [3.8, 4) is 0 Å². The van der Waals surface area contributed by atoms with Crippen molar-refractivity contribution < 1.29 is 57.3 Å². The van der Waals surface area contributed by atoms with Crippen molar-refractivity contribution in [2.24, 2.45) is 0 Å². The minimum atomic E-state index is -1.09. The average molecular weight is 1240 g/mol. The van der Waals surface area contributed by atoms with Gasteiger partial charge in [-0.15, -0.1) is 0 Å². The first-order valence-corrected chi connectivity index (χ1v) is 28.6. The van der Waals surface area contributed by atoms with Crippen LogP contribution in [0.4, 0.5) is 35.0 Å². The standard InChI is InChI=1S/C30H44N8O7.C29H38N8O7/c1-16-19(25(41)35-20(27(43)45-30(6,7)8)11-13-22(40)44-29(3,4)5)10-12-21(33-16)31-14-18-15-32-24-23(38(18)9)26(42)37-28(36-24)34-17(2)39;1-15-18(24(40)35-19(26(42)44-29(6,7)8)10-12-21(39)43-28(3,4)5)9-11-20(32-15)30-13-17-14-31-23-22(34-17)25(41)37-27(36-23)33-16(2)38/h10,12,18,20H,11,13-15H2,1-9H3,(H,31,33)(H,35,41)(H3,32,34,36,37,39,42);9,11,14,19H,10,12-13H2,1-8H3,(H,30,32)(H,35,40)(H2,31,33,36,37,38,41)/t18?,20-;19-/m00/s1. The van der Waals surface area contributed by atoms with Gasteiger partial charge >= 0.3 is 23.9 Å².